The number of carbonyl (C=O) groups is 1. The number of carbonyl (C=O) groups excluding carboxylic acids is 1. The highest BCUT2D eigenvalue weighted by Crippen LogP contribution is 2.19. The quantitative estimate of drug-likeness (QED) is 0.813. The average Bonchev–Trinajstić information content (AvgIpc) is 2.30. The normalized spacial score (nSPS) is 26.4. The van der Waals surface area contributed by atoms with Gasteiger partial charge < -0.3 is 15.4 Å². The van der Waals surface area contributed by atoms with E-state index in [1.807, 2.05) is 18.7 Å². The first-order valence-corrected chi connectivity index (χ1v) is 7.05. The van der Waals surface area contributed by atoms with Gasteiger partial charge in [0.2, 0.25) is 5.91 Å². The van der Waals surface area contributed by atoms with Crippen molar-refractivity contribution in [3.8, 4) is 0 Å². The third-order valence-corrected chi connectivity index (χ3v) is 3.53. The van der Waals surface area contributed by atoms with Crippen molar-refractivity contribution in [2.24, 2.45) is 17.6 Å². The summed E-state index contributed by atoms with van der Waals surface area (Å²) in [6, 6.07) is 0.186. The van der Waals surface area contributed by atoms with Crippen LogP contribution in [0.15, 0.2) is 0 Å². The van der Waals surface area contributed by atoms with Crippen molar-refractivity contribution in [3.05, 3.63) is 0 Å². The molecule has 1 fully saturated rings. The molecule has 1 amide bonds. The number of morpholine rings is 1. The van der Waals surface area contributed by atoms with Gasteiger partial charge in [-0.2, -0.15) is 0 Å². The molecule has 1 aliphatic rings. The minimum Gasteiger partial charge on any atom is -0.375 e. The Morgan fingerprint density at radius 1 is 1.44 bits per heavy atom. The lowest BCUT2D eigenvalue weighted by atomic mass is 9.93. The Morgan fingerprint density at radius 2 is 2.11 bits per heavy atom. The van der Waals surface area contributed by atoms with Crippen LogP contribution in [0.4, 0.5) is 0 Å². The summed E-state index contributed by atoms with van der Waals surface area (Å²) in [6.07, 6.45) is 1.74. The van der Waals surface area contributed by atoms with Gasteiger partial charge in [0.25, 0.3) is 0 Å². The van der Waals surface area contributed by atoms with Crippen LogP contribution in [0, 0.1) is 11.8 Å². The second kappa shape index (κ2) is 7.10. The lowest BCUT2D eigenvalue weighted by Gasteiger charge is -2.37. The highest BCUT2D eigenvalue weighted by atomic mass is 16.5. The van der Waals surface area contributed by atoms with E-state index in [1.165, 1.54) is 0 Å². The minimum atomic E-state index is 0.145. The number of nitrogens with zero attached hydrogens (tertiary/aromatic N) is 1. The van der Waals surface area contributed by atoms with Crippen LogP contribution in [0.5, 0.6) is 0 Å². The summed E-state index contributed by atoms with van der Waals surface area (Å²) >= 11 is 0. The van der Waals surface area contributed by atoms with E-state index in [2.05, 4.69) is 13.8 Å². The molecule has 1 aliphatic heterocycles. The number of amides is 1. The molecule has 4 nitrogen and oxygen atoms in total. The second-order valence-corrected chi connectivity index (χ2v) is 5.97. The molecule has 18 heavy (non-hydrogen) atoms. The largest absolute Gasteiger partial charge is 0.375 e. The van der Waals surface area contributed by atoms with Crippen molar-refractivity contribution in [1.82, 2.24) is 4.90 Å². The van der Waals surface area contributed by atoms with Crippen molar-refractivity contribution < 1.29 is 9.53 Å². The first kappa shape index (κ1) is 15.4. The van der Waals surface area contributed by atoms with Crippen LogP contribution in [0.2, 0.25) is 0 Å². The van der Waals surface area contributed by atoms with E-state index in [1.54, 1.807) is 0 Å². The summed E-state index contributed by atoms with van der Waals surface area (Å²) in [5.41, 5.74) is 5.77. The number of nitrogens with two attached hydrogens (primary N) is 1. The molecule has 106 valence electrons. The van der Waals surface area contributed by atoms with Crippen LogP contribution >= 0.6 is 0 Å². The standard InChI is InChI=1S/C14H28N2O2/c1-10(2)5-13(7-15)6-14(17)16-8-12(4)18-9-11(16)3/h10-13H,5-9,15H2,1-4H3/t11?,12?,13-/m0/s1. The van der Waals surface area contributed by atoms with Crippen LogP contribution in [0.3, 0.4) is 0 Å². The second-order valence-electron chi connectivity index (χ2n) is 5.97. The Morgan fingerprint density at radius 3 is 2.67 bits per heavy atom. The molecule has 1 heterocycles. The fraction of sp³-hybridized carbons (Fsp3) is 0.929. The molecule has 2 unspecified atom stereocenters. The average molecular weight is 256 g/mol. The molecule has 0 aromatic carbocycles. The molecule has 0 aromatic rings. The van der Waals surface area contributed by atoms with Gasteiger partial charge in [-0.25, -0.2) is 0 Å². The zero-order valence-corrected chi connectivity index (χ0v) is 12.2. The van der Waals surface area contributed by atoms with Crippen molar-refractivity contribution >= 4 is 5.91 Å². The van der Waals surface area contributed by atoms with E-state index in [-0.39, 0.29) is 18.1 Å². The van der Waals surface area contributed by atoms with Crippen molar-refractivity contribution in [3.63, 3.8) is 0 Å². The van der Waals surface area contributed by atoms with Crippen LogP contribution in [-0.4, -0.2) is 42.6 Å². The maximum atomic E-state index is 12.3. The summed E-state index contributed by atoms with van der Waals surface area (Å²) < 4.78 is 5.55. The van der Waals surface area contributed by atoms with Crippen LogP contribution < -0.4 is 5.73 Å². The SMILES string of the molecule is CC(C)C[C@H](CN)CC(=O)N1CC(C)OCC1C. The van der Waals surface area contributed by atoms with Gasteiger partial charge in [-0.15, -0.1) is 0 Å². The Hall–Kier alpha value is -0.610. The lowest BCUT2D eigenvalue weighted by Crippen LogP contribution is -2.50. The molecule has 0 aromatic heterocycles. The number of hydrogen-bond acceptors (Lipinski definition) is 3. The molecule has 0 saturated carbocycles. The number of hydrogen-bond donors (Lipinski definition) is 1. The summed E-state index contributed by atoms with van der Waals surface area (Å²) in [5, 5.41) is 0. The van der Waals surface area contributed by atoms with Crippen LogP contribution in [0.25, 0.3) is 0 Å². The molecule has 3 atom stereocenters. The summed E-state index contributed by atoms with van der Waals surface area (Å²) in [6.45, 7) is 10.4. The zero-order chi connectivity index (χ0) is 13.7. The van der Waals surface area contributed by atoms with Gasteiger partial charge >= 0.3 is 0 Å². The summed E-state index contributed by atoms with van der Waals surface area (Å²) in [5.74, 6) is 1.13. The maximum Gasteiger partial charge on any atom is 0.223 e. The Labute approximate surface area is 111 Å². The van der Waals surface area contributed by atoms with Crippen molar-refractivity contribution in [2.45, 2.75) is 52.7 Å². The van der Waals surface area contributed by atoms with Crippen LogP contribution in [-0.2, 0) is 9.53 Å². The van der Waals surface area contributed by atoms with E-state index >= 15 is 0 Å². The fourth-order valence-corrected chi connectivity index (χ4v) is 2.54. The van der Waals surface area contributed by atoms with E-state index in [9.17, 15) is 4.79 Å². The highest BCUT2D eigenvalue weighted by molar-refractivity contribution is 5.77. The van der Waals surface area contributed by atoms with E-state index in [0.717, 1.165) is 6.42 Å². The number of ether oxygens (including phenoxy) is 1. The predicted molar refractivity (Wildman–Crippen MR) is 73.2 cm³/mol. The molecule has 0 aliphatic carbocycles. The molecular formula is C14H28N2O2. The molecule has 0 radical (unpaired) electrons. The first-order chi connectivity index (χ1) is 8.43. The van der Waals surface area contributed by atoms with E-state index in [0.29, 0.717) is 38.0 Å². The first-order valence-electron chi connectivity index (χ1n) is 7.05. The fourth-order valence-electron chi connectivity index (χ4n) is 2.54. The Balaban J connectivity index is 2.51. The number of rotatable bonds is 5. The lowest BCUT2D eigenvalue weighted by molar-refractivity contribution is -0.144. The molecular weight excluding hydrogens is 228 g/mol. The van der Waals surface area contributed by atoms with E-state index < -0.39 is 0 Å². The third kappa shape index (κ3) is 4.58. The van der Waals surface area contributed by atoms with E-state index in [4.69, 9.17) is 10.5 Å². The molecule has 2 N–H and O–H groups in total. The Kier molecular flexibility index (Phi) is 6.09. The summed E-state index contributed by atoms with van der Waals surface area (Å²) in [4.78, 5) is 14.3. The molecule has 4 heteroatoms. The van der Waals surface area contributed by atoms with Gasteiger partial charge in [0.1, 0.15) is 0 Å². The van der Waals surface area contributed by atoms with Gasteiger partial charge in [0.15, 0.2) is 0 Å². The van der Waals surface area contributed by atoms with Gasteiger partial charge in [-0.3, -0.25) is 4.79 Å². The summed E-state index contributed by atoms with van der Waals surface area (Å²) in [7, 11) is 0. The van der Waals surface area contributed by atoms with Crippen LogP contribution in [0.1, 0.15) is 40.5 Å². The van der Waals surface area contributed by atoms with Crippen molar-refractivity contribution in [1.29, 1.82) is 0 Å². The van der Waals surface area contributed by atoms with Gasteiger partial charge in [0.05, 0.1) is 18.8 Å². The molecule has 1 saturated heterocycles. The van der Waals surface area contributed by atoms with Gasteiger partial charge in [0, 0.05) is 13.0 Å². The monoisotopic (exact) mass is 256 g/mol. The Bertz CT molecular complexity index is 269. The minimum absolute atomic E-state index is 0.145. The smallest absolute Gasteiger partial charge is 0.223 e. The highest BCUT2D eigenvalue weighted by Gasteiger charge is 2.28. The predicted octanol–water partition coefficient (Wildman–Crippen LogP) is 1.63. The molecule has 1 rings (SSSR count). The topological polar surface area (TPSA) is 55.6 Å². The molecule has 0 spiro atoms. The molecule has 0 bridgehead atoms. The third-order valence-electron chi connectivity index (χ3n) is 3.53. The zero-order valence-electron chi connectivity index (χ0n) is 12.2. The van der Waals surface area contributed by atoms with Gasteiger partial charge in [-0.05, 0) is 38.6 Å². The van der Waals surface area contributed by atoms with Crippen molar-refractivity contribution in [2.75, 3.05) is 19.7 Å². The van der Waals surface area contributed by atoms with Gasteiger partial charge in [-0.1, -0.05) is 13.8 Å². The maximum absolute atomic E-state index is 12.3.